The number of anilines is 1. The highest BCUT2D eigenvalue weighted by Crippen LogP contribution is 2.24. The number of aromatic nitrogens is 4. The fourth-order valence-electron chi connectivity index (χ4n) is 5.52. The number of piperazine rings is 1. The zero-order chi connectivity index (χ0) is 27.9. The molecule has 3 aromatic rings. The molecule has 2 unspecified atom stereocenters. The van der Waals surface area contributed by atoms with Gasteiger partial charge < -0.3 is 25.2 Å². The van der Waals surface area contributed by atoms with Crippen LogP contribution in [0.3, 0.4) is 0 Å². The monoisotopic (exact) mass is 546 g/mol. The predicted molar refractivity (Wildman–Crippen MR) is 151 cm³/mol. The van der Waals surface area contributed by atoms with Gasteiger partial charge in [-0.25, -0.2) is 14.8 Å². The SMILES string of the molecule is COc1ccc(C(C)NC(=O)CC2CN(C(=O)NC3CCCCC3)CCN2c2ccnc(-n3ccnc3)n2)cc1. The number of nitrogens with one attached hydrogen (secondary N) is 2. The van der Waals surface area contributed by atoms with Crippen LogP contribution in [-0.4, -0.2) is 75.2 Å². The molecule has 0 bridgehead atoms. The minimum absolute atomic E-state index is 0.0506. The van der Waals surface area contributed by atoms with E-state index in [-0.39, 0.29) is 36.5 Å². The summed E-state index contributed by atoms with van der Waals surface area (Å²) in [5.41, 5.74) is 0.990. The molecule has 2 N–H and O–H groups in total. The maximum absolute atomic E-state index is 13.3. The third-order valence-corrected chi connectivity index (χ3v) is 7.77. The Labute approximate surface area is 235 Å². The third-order valence-electron chi connectivity index (χ3n) is 7.77. The van der Waals surface area contributed by atoms with Crippen LogP contribution < -0.4 is 20.3 Å². The lowest BCUT2D eigenvalue weighted by Gasteiger charge is -2.42. The second-order valence-corrected chi connectivity index (χ2v) is 10.5. The lowest BCUT2D eigenvalue weighted by molar-refractivity contribution is -0.122. The van der Waals surface area contributed by atoms with Crippen molar-refractivity contribution >= 4 is 17.8 Å². The van der Waals surface area contributed by atoms with E-state index in [1.165, 1.54) is 6.42 Å². The van der Waals surface area contributed by atoms with Gasteiger partial charge in [-0.3, -0.25) is 9.36 Å². The van der Waals surface area contributed by atoms with Gasteiger partial charge in [0.15, 0.2) is 0 Å². The fraction of sp³-hybridized carbons (Fsp3) is 0.483. The minimum Gasteiger partial charge on any atom is -0.497 e. The van der Waals surface area contributed by atoms with Crippen LogP contribution >= 0.6 is 0 Å². The number of benzene rings is 1. The average Bonchev–Trinajstić information content (AvgIpc) is 3.53. The molecule has 3 amide bonds. The number of carbonyl (C=O) groups excluding carboxylic acids is 2. The van der Waals surface area contributed by atoms with Crippen molar-refractivity contribution in [2.45, 2.75) is 63.6 Å². The fourth-order valence-corrected chi connectivity index (χ4v) is 5.52. The maximum Gasteiger partial charge on any atom is 0.317 e. The molecule has 11 heteroatoms. The first-order valence-electron chi connectivity index (χ1n) is 14.1. The lowest BCUT2D eigenvalue weighted by Crippen LogP contribution is -2.59. The van der Waals surface area contributed by atoms with Gasteiger partial charge in [0.2, 0.25) is 11.9 Å². The van der Waals surface area contributed by atoms with Crippen LogP contribution in [0.4, 0.5) is 10.6 Å². The Morgan fingerprint density at radius 3 is 2.60 bits per heavy atom. The summed E-state index contributed by atoms with van der Waals surface area (Å²) in [4.78, 5) is 43.7. The molecule has 40 heavy (non-hydrogen) atoms. The number of carbonyl (C=O) groups is 2. The van der Waals surface area contributed by atoms with Gasteiger partial charge >= 0.3 is 6.03 Å². The Hall–Kier alpha value is -4.15. The Balaban J connectivity index is 1.30. The number of methoxy groups -OCH3 is 1. The highest BCUT2D eigenvalue weighted by atomic mass is 16.5. The Kier molecular flexibility index (Phi) is 8.78. The van der Waals surface area contributed by atoms with Crippen LogP contribution in [0, 0.1) is 0 Å². The number of nitrogens with zero attached hydrogens (tertiary/aromatic N) is 6. The van der Waals surface area contributed by atoms with E-state index in [0.29, 0.717) is 31.4 Å². The summed E-state index contributed by atoms with van der Waals surface area (Å²) >= 11 is 0. The molecule has 0 spiro atoms. The third kappa shape index (κ3) is 6.70. The van der Waals surface area contributed by atoms with Gasteiger partial charge in [0, 0.05) is 50.7 Å². The summed E-state index contributed by atoms with van der Waals surface area (Å²) in [5, 5.41) is 6.36. The Morgan fingerprint density at radius 1 is 1.07 bits per heavy atom. The van der Waals surface area contributed by atoms with Gasteiger partial charge in [0.25, 0.3) is 0 Å². The van der Waals surface area contributed by atoms with Gasteiger partial charge in [-0.2, -0.15) is 4.98 Å². The topological polar surface area (TPSA) is 118 Å². The minimum atomic E-state index is -0.250. The van der Waals surface area contributed by atoms with Crippen LogP contribution in [0.25, 0.3) is 5.95 Å². The van der Waals surface area contributed by atoms with Gasteiger partial charge in [-0.05, 0) is 43.5 Å². The van der Waals surface area contributed by atoms with Crippen LogP contribution in [0.5, 0.6) is 5.75 Å². The number of ether oxygens (including phenoxy) is 1. The molecule has 1 saturated heterocycles. The highest BCUT2D eigenvalue weighted by Gasteiger charge is 2.33. The summed E-state index contributed by atoms with van der Waals surface area (Å²) in [7, 11) is 1.63. The summed E-state index contributed by atoms with van der Waals surface area (Å²) in [5.74, 6) is 1.90. The quantitative estimate of drug-likeness (QED) is 0.444. The van der Waals surface area contributed by atoms with Gasteiger partial charge in [-0.1, -0.05) is 31.4 Å². The molecule has 212 valence electrons. The maximum atomic E-state index is 13.3. The molecular weight excluding hydrogens is 508 g/mol. The van der Waals surface area contributed by atoms with E-state index in [2.05, 4.69) is 25.5 Å². The Bertz CT molecular complexity index is 1260. The van der Waals surface area contributed by atoms with E-state index in [1.807, 2.05) is 42.2 Å². The first-order valence-corrected chi connectivity index (χ1v) is 14.1. The highest BCUT2D eigenvalue weighted by molar-refractivity contribution is 5.79. The standard InChI is InChI=1S/C29H38N8O3/c1-21(22-8-10-25(40-2)11-9-22)32-27(38)18-24-19-35(29(39)33-23-6-4-3-5-7-23)16-17-37(24)26-12-13-31-28(34-26)36-15-14-30-20-36/h8-15,20-21,23-24H,3-7,16-19H2,1-2H3,(H,32,38)(H,33,39). The first kappa shape index (κ1) is 27.4. The summed E-state index contributed by atoms with van der Waals surface area (Å²) in [6.45, 7) is 3.49. The molecule has 2 aromatic heterocycles. The van der Waals surface area contributed by atoms with Gasteiger partial charge in [-0.15, -0.1) is 0 Å². The smallest absolute Gasteiger partial charge is 0.317 e. The molecule has 2 fully saturated rings. The molecular formula is C29H38N8O3. The predicted octanol–water partition coefficient (Wildman–Crippen LogP) is 3.47. The van der Waals surface area contributed by atoms with Crippen molar-refractivity contribution in [2.75, 3.05) is 31.6 Å². The van der Waals surface area contributed by atoms with E-state index in [4.69, 9.17) is 9.72 Å². The van der Waals surface area contributed by atoms with Crippen molar-refractivity contribution < 1.29 is 14.3 Å². The van der Waals surface area contributed by atoms with E-state index >= 15 is 0 Å². The van der Waals surface area contributed by atoms with Crippen molar-refractivity contribution in [3.63, 3.8) is 0 Å². The number of amides is 3. The van der Waals surface area contributed by atoms with E-state index in [0.717, 1.165) is 37.0 Å². The van der Waals surface area contributed by atoms with Crippen molar-refractivity contribution in [3.05, 3.63) is 60.8 Å². The van der Waals surface area contributed by atoms with Crippen LogP contribution in [0.15, 0.2) is 55.2 Å². The molecule has 11 nitrogen and oxygen atoms in total. The molecule has 2 atom stereocenters. The van der Waals surface area contributed by atoms with Crippen molar-refractivity contribution in [2.24, 2.45) is 0 Å². The molecule has 1 aliphatic carbocycles. The number of hydrogen-bond acceptors (Lipinski definition) is 7. The zero-order valence-corrected chi connectivity index (χ0v) is 23.2. The van der Waals surface area contributed by atoms with E-state index in [1.54, 1.807) is 36.6 Å². The molecule has 1 saturated carbocycles. The normalized spacial score (nSPS) is 18.7. The van der Waals surface area contributed by atoms with Crippen LogP contribution in [0.2, 0.25) is 0 Å². The summed E-state index contributed by atoms with van der Waals surface area (Å²) in [6.07, 6.45) is 12.6. The molecule has 0 radical (unpaired) electrons. The molecule has 1 aliphatic heterocycles. The molecule has 3 heterocycles. The van der Waals surface area contributed by atoms with Crippen molar-refractivity contribution in [1.82, 2.24) is 35.1 Å². The van der Waals surface area contributed by atoms with Crippen LogP contribution in [0.1, 0.15) is 57.1 Å². The lowest BCUT2D eigenvalue weighted by atomic mass is 9.96. The number of hydrogen-bond donors (Lipinski definition) is 2. The number of urea groups is 1. The molecule has 5 rings (SSSR count). The first-order chi connectivity index (χ1) is 19.5. The second-order valence-electron chi connectivity index (χ2n) is 10.5. The molecule has 2 aliphatic rings. The Morgan fingerprint density at radius 2 is 1.88 bits per heavy atom. The number of rotatable bonds is 8. The van der Waals surface area contributed by atoms with E-state index in [9.17, 15) is 9.59 Å². The van der Waals surface area contributed by atoms with Crippen molar-refractivity contribution in [1.29, 1.82) is 0 Å². The summed E-state index contributed by atoms with van der Waals surface area (Å²) < 4.78 is 6.99. The van der Waals surface area contributed by atoms with Gasteiger partial charge in [0.1, 0.15) is 17.9 Å². The van der Waals surface area contributed by atoms with Crippen molar-refractivity contribution in [3.8, 4) is 11.7 Å². The second kappa shape index (κ2) is 12.8. The largest absolute Gasteiger partial charge is 0.497 e. The zero-order valence-electron chi connectivity index (χ0n) is 23.2. The summed E-state index contributed by atoms with van der Waals surface area (Å²) in [6, 6.07) is 9.28. The van der Waals surface area contributed by atoms with E-state index < -0.39 is 0 Å². The van der Waals surface area contributed by atoms with Crippen LogP contribution in [-0.2, 0) is 4.79 Å². The molecule has 1 aromatic carbocycles. The van der Waals surface area contributed by atoms with Gasteiger partial charge in [0.05, 0.1) is 19.2 Å². The average molecular weight is 547 g/mol. The number of imidazole rings is 1.